The van der Waals surface area contributed by atoms with Crippen molar-refractivity contribution < 1.29 is 19.2 Å². The van der Waals surface area contributed by atoms with Gasteiger partial charge < -0.3 is 20.3 Å². The van der Waals surface area contributed by atoms with Crippen LogP contribution in [0.5, 0.6) is 0 Å². The van der Waals surface area contributed by atoms with Gasteiger partial charge in [-0.2, -0.15) is 0 Å². The molecule has 4 rings (SSSR count). The highest BCUT2D eigenvalue weighted by Crippen LogP contribution is 2.29. The molecule has 0 saturated carbocycles. The van der Waals surface area contributed by atoms with Crippen molar-refractivity contribution in [1.82, 2.24) is 10.6 Å². The molecule has 0 aliphatic carbocycles. The molecule has 0 bridgehead atoms. The molecule has 9 nitrogen and oxygen atoms in total. The maximum Gasteiger partial charge on any atom is 0.338 e. The number of carbonyl (C=O) groups excluding carboxylic acids is 2. The number of benzene rings is 3. The van der Waals surface area contributed by atoms with Gasteiger partial charge in [-0.1, -0.05) is 60.7 Å². The molecule has 1 aliphatic rings. The van der Waals surface area contributed by atoms with Crippen molar-refractivity contribution in [3.63, 3.8) is 0 Å². The van der Waals surface area contributed by atoms with Crippen LogP contribution < -0.4 is 15.5 Å². The molecule has 9 heteroatoms. The van der Waals surface area contributed by atoms with Crippen molar-refractivity contribution in [2.24, 2.45) is 0 Å². The monoisotopic (exact) mass is 486 g/mol. The highest BCUT2D eigenvalue weighted by molar-refractivity contribution is 5.95. The number of esters is 1. The van der Waals surface area contributed by atoms with Gasteiger partial charge in [0.2, 0.25) is 0 Å². The van der Waals surface area contributed by atoms with E-state index in [1.54, 1.807) is 13.0 Å². The second-order valence-electron chi connectivity index (χ2n) is 8.30. The molecule has 0 spiro atoms. The Morgan fingerprint density at radius 2 is 1.72 bits per heavy atom. The van der Waals surface area contributed by atoms with Gasteiger partial charge in [0.15, 0.2) is 0 Å². The van der Waals surface area contributed by atoms with Crippen molar-refractivity contribution in [3.8, 4) is 0 Å². The number of allylic oxidation sites excluding steroid dienone is 1. The maximum atomic E-state index is 13.2. The van der Waals surface area contributed by atoms with Gasteiger partial charge in [-0.15, -0.1) is 0 Å². The van der Waals surface area contributed by atoms with Crippen LogP contribution in [0.4, 0.5) is 16.2 Å². The Hall–Kier alpha value is -4.66. The van der Waals surface area contributed by atoms with Crippen LogP contribution >= 0.6 is 0 Å². The Kier molecular flexibility index (Phi) is 7.60. The zero-order chi connectivity index (χ0) is 25.5. The number of amides is 2. The largest absolute Gasteiger partial charge is 0.460 e. The van der Waals surface area contributed by atoms with Crippen LogP contribution in [0.1, 0.15) is 24.1 Å². The van der Waals surface area contributed by atoms with Crippen LogP contribution in [-0.4, -0.2) is 30.1 Å². The second kappa shape index (κ2) is 11.2. The summed E-state index contributed by atoms with van der Waals surface area (Å²) in [5, 5.41) is 16.5. The number of nitro groups is 1. The van der Waals surface area contributed by atoms with Crippen LogP contribution in [0, 0.1) is 10.1 Å². The van der Waals surface area contributed by atoms with E-state index in [2.05, 4.69) is 15.5 Å². The number of non-ortho nitro benzene ring substituents is 1. The number of carbonyl (C=O) groups is 2. The third-order valence-corrected chi connectivity index (χ3v) is 5.84. The molecule has 3 aromatic rings. The number of ether oxygens (including phenoxy) is 1. The number of hydrogen-bond acceptors (Lipinski definition) is 6. The van der Waals surface area contributed by atoms with Crippen molar-refractivity contribution in [2.45, 2.75) is 19.5 Å². The van der Waals surface area contributed by atoms with Crippen LogP contribution in [0.2, 0.25) is 0 Å². The van der Waals surface area contributed by atoms with E-state index < -0.39 is 23.0 Å². The van der Waals surface area contributed by atoms with Crippen molar-refractivity contribution in [1.29, 1.82) is 0 Å². The average molecular weight is 487 g/mol. The standard InChI is InChI=1S/C27H26N4O5/c1-19-24(25(29-27(33)28-19)21-11-8-14-23(17-21)31(34)35)26(32)36-16-15-30(22-12-6-3-7-13-22)18-20-9-4-2-5-10-20/h2-14,17,25H,15-16,18H2,1H3,(H2,28,29,33). The summed E-state index contributed by atoms with van der Waals surface area (Å²) in [5.74, 6) is -0.607. The molecule has 184 valence electrons. The van der Waals surface area contributed by atoms with Gasteiger partial charge in [0.25, 0.3) is 5.69 Å². The van der Waals surface area contributed by atoms with Crippen molar-refractivity contribution in [3.05, 3.63) is 117 Å². The highest BCUT2D eigenvalue weighted by atomic mass is 16.6. The minimum Gasteiger partial charge on any atom is -0.460 e. The zero-order valence-electron chi connectivity index (χ0n) is 19.7. The Bertz CT molecular complexity index is 1280. The molecule has 0 fully saturated rings. The van der Waals surface area contributed by atoms with Gasteiger partial charge in [-0.25, -0.2) is 9.59 Å². The van der Waals surface area contributed by atoms with Gasteiger partial charge >= 0.3 is 12.0 Å². The summed E-state index contributed by atoms with van der Waals surface area (Å²) >= 11 is 0. The molecule has 1 heterocycles. The van der Waals surface area contributed by atoms with E-state index in [0.717, 1.165) is 11.3 Å². The fraction of sp³-hybridized carbons (Fsp3) is 0.185. The predicted octanol–water partition coefficient (Wildman–Crippen LogP) is 4.47. The molecule has 2 amide bonds. The van der Waals surface area contributed by atoms with E-state index in [4.69, 9.17) is 4.74 Å². The van der Waals surface area contributed by atoms with Crippen LogP contribution in [0.3, 0.4) is 0 Å². The van der Waals surface area contributed by atoms with Crippen molar-refractivity contribution in [2.75, 3.05) is 18.1 Å². The van der Waals surface area contributed by atoms with E-state index in [0.29, 0.717) is 24.4 Å². The number of urea groups is 1. The Morgan fingerprint density at radius 1 is 1.03 bits per heavy atom. The van der Waals surface area contributed by atoms with Crippen LogP contribution in [0.25, 0.3) is 0 Å². The van der Waals surface area contributed by atoms with Crippen LogP contribution in [0.15, 0.2) is 96.2 Å². The summed E-state index contributed by atoms with van der Waals surface area (Å²) < 4.78 is 5.64. The van der Waals surface area contributed by atoms with E-state index in [-0.39, 0.29) is 17.9 Å². The minimum atomic E-state index is -0.874. The summed E-state index contributed by atoms with van der Waals surface area (Å²) in [6.07, 6.45) is 0. The summed E-state index contributed by atoms with van der Waals surface area (Å²) in [6, 6.07) is 24.3. The number of nitro benzene ring substituents is 1. The first-order chi connectivity index (χ1) is 17.4. The number of rotatable bonds is 9. The molecule has 3 aromatic carbocycles. The Balaban J connectivity index is 1.50. The number of anilines is 1. The molecule has 0 saturated heterocycles. The van der Waals surface area contributed by atoms with Gasteiger partial charge in [0, 0.05) is 30.1 Å². The normalized spacial score (nSPS) is 15.0. The fourth-order valence-electron chi connectivity index (χ4n) is 4.10. The first-order valence-corrected chi connectivity index (χ1v) is 11.5. The van der Waals surface area contributed by atoms with Crippen molar-refractivity contribution >= 4 is 23.4 Å². The van der Waals surface area contributed by atoms with Gasteiger partial charge in [-0.3, -0.25) is 10.1 Å². The first-order valence-electron chi connectivity index (χ1n) is 11.5. The third-order valence-electron chi connectivity index (χ3n) is 5.84. The summed E-state index contributed by atoms with van der Waals surface area (Å²) in [6.45, 7) is 2.79. The lowest BCUT2D eigenvalue weighted by molar-refractivity contribution is -0.384. The van der Waals surface area contributed by atoms with Gasteiger partial charge in [0.05, 0.1) is 23.1 Å². The summed E-state index contributed by atoms with van der Waals surface area (Å²) in [5.41, 5.74) is 2.93. The molecular formula is C27H26N4O5. The quantitative estimate of drug-likeness (QED) is 0.262. The van der Waals surface area contributed by atoms with E-state index in [1.807, 2.05) is 60.7 Å². The molecule has 1 unspecified atom stereocenters. The lowest BCUT2D eigenvalue weighted by Crippen LogP contribution is -2.45. The topological polar surface area (TPSA) is 114 Å². The molecule has 1 atom stereocenters. The summed E-state index contributed by atoms with van der Waals surface area (Å²) in [7, 11) is 0. The summed E-state index contributed by atoms with van der Waals surface area (Å²) in [4.78, 5) is 38.1. The lowest BCUT2D eigenvalue weighted by atomic mass is 9.95. The average Bonchev–Trinajstić information content (AvgIpc) is 2.88. The fourth-order valence-corrected chi connectivity index (χ4v) is 4.10. The lowest BCUT2D eigenvalue weighted by Gasteiger charge is -2.29. The highest BCUT2D eigenvalue weighted by Gasteiger charge is 2.33. The van der Waals surface area contributed by atoms with Gasteiger partial charge in [0.1, 0.15) is 6.61 Å². The number of nitrogens with zero attached hydrogens (tertiary/aromatic N) is 2. The first kappa shape index (κ1) is 24.5. The third kappa shape index (κ3) is 5.87. The van der Waals surface area contributed by atoms with Gasteiger partial charge in [-0.05, 0) is 30.2 Å². The Labute approximate surface area is 208 Å². The number of hydrogen-bond donors (Lipinski definition) is 2. The van der Waals surface area contributed by atoms with E-state index >= 15 is 0 Å². The Morgan fingerprint density at radius 3 is 2.42 bits per heavy atom. The molecule has 0 radical (unpaired) electrons. The molecular weight excluding hydrogens is 460 g/mol. The molecule has 1 aliphatic heterocycles. The van der Waals surface area contributed by atoms with E-state index in [1.165, 1.54) is 18.2 Å². The smallest absolute Gasteiger partial charge is 0.338 e. The number of para-hydroxylation sites is 1. The molecule has 36 heavy (non-hydrogen) atoms. The second-order valence-corrected chi connectivity index (χ2v) is 8.30. The predicted molar refractivity (Wildman–Crippen MR) is 135 cm³/mol. The van der Waals surface area contributed by atoms with Crippen LogP contribution in [-0.2, 0) is 16.1 Å². The number of nitrogens with one attached hydrogen (secondary N) is 2. The van der Waals surface area contributed by atoms with E-state index in [9.17, 15) is 19.7 Å². The molecule has 0 aromatic heterocycles. The maximum absolute atomic E-state index is 13.2. The SMILES string of the molecule is CC1=C(C(=O)OCCN(Cc2ccccc2)c2ccccc2)C(c2cccc([N+](=O)[O-])c2)NC(=O)N1. The molecule has 2 N–H and O–H groups in total. The minimum absolute atomic E-state index is 0.104. The zero-order valence-corrected chi connectivity index (χ0v) is 19.7.